The van der Waals surface area contributed by atoms with Gasteiger partial charge in [-0.25, -0.2) is 8.78 Å². The second-order valence-corrected chi connectivity index (χ2v) is 5.00. The van der Waals surface area contributed by atoms with Crippen LogP contribution in [0.25, 0.3) is 0 Å². The Morgan fingerprint density at radius 1 is 1.14 bits per heavy atom. The molecule has 0 heterocycles. The van der Waals surface area contributed by atoms with Crippen molar-refractivity contribution < 1.29 is 13.6 Å². The highest BCUT2D eigenvalue weighted by atomic mass is 35.5. The van der Waals surface area contributed by atoms with Crippen LogP contribution in [0, 0.1) is 11.6 Å². The lowest BCUT2D eigenvalue weighted by atomic mass is 10.3. The molecule has 1 amide bonds. The molecule has 0 radical (unpaired) electrons. The first-order valence-electron chi connectivity index (χ1n) is 5.89. The molecule has 0 unspecified atom stereocenters. The molecule has 110 valence electrons. The molecule has 0 aliphatic heterocycles. The Morgan fingerprint density at radius 3 is 2.57 bits per heavy atom. The first kappa shape index (κ1) is 15.5. The molecular formula is C14H10Cl2F2N2O. The van der Waals surface area contributed by atoms with E-state index in [1.165, 1.54) is 0 Å². The van der Waals surface area contributed by atoms with Crippen LogP contribution in [0.3, 0.4) is 0 Å². The molecule has 0 aliphatic rings. The number of amides is 1. The molecule has 0 aliphatic carbocycles. The summed E-state index contributed by atoms with van der Waals surface area (Å²) in [5, 5.41) is 5.45. The van der Waals surface area contributed by atoms with Crippen LogP contribution in [0.1, 0.15) is 0 Å². The Hall–Kier alpha value is -1.85. The predicted octanol–water partition coefficient (Wildman–Crippen LogP) is 4.32. The highest BCUT2D eigenvalue weighted by molar-refractivity contribution is 6.33. The summed E-state index contributed by atoms with van der Waals surface area (Å²) in [6, 6.07) is 8.23. The number of halogens is 4. The third-order valence-corrected chi connectivity index (χ3v) is 3.07. The minimum Gasteiger partial charge on any atom is -0.373 e. The van der Waals surface area contributed by atoms with Gasteiger partial charge in [-0.05, 0) is 24.3 Å². The van der Waals surface area contributed by atoms with Gasteiger partial charge in [0.2, 0.25) is 5.91 Å². The Labute approximate surface area is 129 Å². The molecule has 0 spiro atoms. The van der Waals surface area contributed by atoms with Crippen LogP contribution in [0.15, 0.2) is 36.4 Å². The Balaban J connectivity index is 1.99. The topological polar surface area (TPSA) is 41.1 Å². The van der Waals surface area contributed by atoms with Crippen molar-refractivity contribution in [1.29, 1.82) is 0 Å². The second kappa shape index (κ2) is 6.74. The molecule has 0 saturated heterocycles. The highest BCUT2D eigenvalue weighted by Crippen LogP contribution is 2.26. The van der Waals surface area contributed by atoms with Crippen molar-refractivity contribution in [3.63, 3.8) is 0 Å². The molecule has 2 aromatic carbocycles. The zero-order valence-electron chi connectivity index (χ0n) is 10.6. The summed E-state index contributed by atoms with van der Waals surface area (Å²) in [5.74, 6) is -2.07. The Morgan fingerprint density at radius 2 is 1.90 bits per heavy atom. The van der Waals surface area contributed by atoms with Gasteiger partial charge >= 0.3 is 0 Å². The second-order valence-electron chi connectivity index (χ2n) is 4.16. The van der Waals surface area contributed by atoms with E-state index < -0.39 is 17.5 Å². The van der Waals surface area contributed by atoms with E-state index in [1.54, 1.807) is 24.3 Å². The monoisotopic (exact) mass is 330 g/mol. The minimum absolute atomic E-state index is 0.126. The molecule has 0 aromatic heterocycles. The van der Waals surface area contributed by atoms with Crippen LogP contribution in [0.4, 0.5) is 20.2 Å². The molecule has 21 heavy (non-hydrogen) atoms. The lowest BCUT2D eigenvalue weighted by Gasteiger charge is -2.10. The van der Waals surface area contributed by atoms with Gasteiger partial charge in [0.1, 0.15) is 5.82 Å². The number of carbonyl (C=O) groups is 1. The maximum Gasteiger partial charge on any atom is 0.243 e. The Bertz CT molecular complexity index is 657. The summed E-state index contributed by atoms with van der Waals surface area (Å²) in [6.45, 7) is -0.227. The van der Waals surface area contributed by atoms with E-state index in [2.05, 4.69) is 10.6 Å². The molecule has 0 saturated carbocycles. The quantitative estimate of drug-likeness (QED) is 0.876. The maximum absolute atomic E-state index is 13.5. The van der Waals surface area contributed by atoms with E-state index in [0.29, 0.717) is 16.8 Å². The number of hydrogen-bond acceptors (Lipinski definition) is 2. The molecule has 0 atom stereocenters. The maximum atomic E-state index is 13.5. The fourth-order valence-electron chi connectivity index (χ4n) is 1.65. The largest absolute Gasteiger partial charge is 0.373 e. The van der Waals surface area contributed by atoms with Gasteiger partial charge in [0.05, 0.1) is 17.3 Å². The van der Waals surface area contributed by atoms with Crippen molar-refractivity contribution in [3.8, 4) is 0 Å². The summed E-state index contributed by atoms with van der Waals surface area (Å²) in [4.78, 5) is 11.7. The highest BCUT2D eigenvalue weighted by Gasteiger charge is 2.11. The van der Waals surface area contributed by atoms with Crippen molar-refractivity contribution in [2.24, 2.45) is 0 Å². The summed E-state index contributed by atoms with van der Waals surface area (Å²) < 4.78 is 26.4. The molecule has 2 rings (SSSR count). The van der Waals surface area contributed by atoms with E-state index in [4.69, 9.17) is 23.2 Å². The summed E-state index contributed by atoms with van der Waals surface area (Å²) in [6.07, 6.45) is 0. The van der Waals surface area contributed by atoms with Crippen LogP contribution < -0.4 is 10.6 Å². The number of hydrogen-bond donors (Lipinski definition) is 2. The average molecular weight is 331 g/mol. The SMILES string of the molecule is O=C(CNc1c(F)cc(F)cc1Cl)Nc1cccc(Cl)c1. The number of rotatable bonds is 4. The molecule has 2 N–H and O–H groups in total. The van der Waals surface area contributed by atoms with Gasteiger partial charge in [-0.1, -0.05) is 29.3 Å². The van der Waals surface area contributed by atoms with Gasteiger partial charge in [-0.15, -0.1) is 0 Å². The minimum atomic E-state index is -0.865. The van der Waals surface area contributed by atoms with Crippen LogP contribution in [0.2, 0.25) is 10.0 Å². The zero-order chi connectivity index (χ0) is 15.4. The normalized spacial score (nSPS) is 10.3. The Kier molecular flexibility index (Phi) is 4.98. The van der Waals surface area contributed by atoms with Gasteiger partial charge in [-0.2, -0.15) is 0 Å². The number of carbonyl (C=O) groups excluding carboxylic acids is 1. The van der Waals surface area contributed by atoms with Gasteiger partial charge in [0.25, 0.3) is 0 Å². The van der Waals surface area contributed by atoms with E-state index in [-0.39, 0.29) is 17.3 Å². The van der Waals surface area contributed by atoms with E-state index in [1.807, 2.05) is 0 Å². The fraction of sp³-hybridized carbons (Fsp3) is 0.0714. The molecule has 2 aromatic rings. The fourth-order valence-corrected chi connectivity index (χ4v) is 2.10. The van der Waals surface area contributed by atoms with E-state index in [0.717, 1.165) is 6.07 Å². The third kappa shape index (κ3) is 4.31. The van der Waals surface area contributed by atoms with Crippen LogP contribution in [-0.4, -0.2) is 12.5 Å². The van der Waals surface area contributed by atoms with Gasteiger partial charge < -0.3 is 10.6 Å². The molecule has 0 fully saturated rings. The summed E-state index contributed by atoms with van der Waals surface area (Å²) in [7, 11) is 0. The number of nitrogens with one attached hydrogen (secondary N) is 2. The summed E-state index contributed by atoms with van der Waals surface area (Å²) in [5.41, 5.74) is 0.388. The molecule has 0 bridgehead atoms. The predicted molar refractivity (Wildman–Crippen MR) is 79.9 cm³/mol. The first-order valence-corrected chi connectivity index (χ1v) is 6.65. The van der Waals surface area contributed by atoms with Crippen LogP contribution >= 0.6 is 23.2 Å². The zero-order valence-corrected chi connectivity index (χ0v) is 12.1. The van der Waals surface area contributed by atoms with Crippen LogP contribution in [-0.2, 0) is 4.79 Å². The van der Waals surface area contributed by atoms with Gasteiger partial charge in [-0.3, -0.25) is 4.79 Å². The van der Waals surface area contributed by atoms with Crippen molar-refractivity contribution >= 4 is 40.5 Å². The summed E-state index contributed by atoms with van der Waals surface area (Å²) >= 11 is 11.5. The standard InChI is InChI=1S/C14H10Cl2F2N2O/c15-8-2-1-3-10(4-8)20-13(21)7-19-14-11(16)5-9(17)6-12(14)18/h1-6,19H,7H2,(H,20,21). The molecular weight excluding hydrogens is 321 g/mol. The lowest BCUT2D eigenvalue weighted by Crippen LogP contribution is -2.22. The third-order valence-electron chi connectivity index (χ3n) is 2.54. The average Bonchev–Trinajstić information content (AvgIpc) is 2.37. The molecule has 3 nitrogen and oxygen atoms in total. The van der Waals surface area contributed by atoms with Gasteiger partial charge in [0, 0.05) is 16.8 Å². The van der Waals surface area contributed by atoms with Crippen molar-refractivity contribution in [3.05, 3.63) is 58.1 Å². The number of anilines is 2. The number of benzene rings is 2. The van der Waals surface area contributed by atoms with Crippen molar-refractivity contribution in [1.82, 2.24) is 0 Å². The van der Waals surface area contributed by atoms with E-state index >= 15 is 0 Å². The van der Waals surface area contributed by atoms with Crippen molar-refractivity contribution in [2.75, 3.05) is 17.2 Å². The van der Waals surface area contributed by atoms with Gasteiger partial charge in [0.15, 0.2) is 5.82 Å². The first-order chi connectivity index (χ1) is 9.95. The van der Waals surface area contributed by atoms with Crippen LogP contribution in [0.5, 0.6) is 0 Å². The van der Waals surface area contributed by atoms with Crippen molar-refractivity contribution in [2.45, 2.75) is 0 Å². The lowest BCUT2D eigenvalue weighted by molar-refractivity contribution is -0.114. The van der Waals surface area contributed by atoms with E-state index in [9.17, 15) is 13.6 Å². The smallest absolute Gasteiger partial charge is 0.243 e. The molecule has 7 heteroatoms.